The van der Waals surface area contributed by atoms with Gasteiger partial charge < -0.3 is 19.5 Å². The first-order valence-corrected chi connectivity index (χ1v) is 10.5. The van der Waals surface area contributed by atoms with Crippen LogP contribution in [0.15, 0.2) is 36.7 Å². The summed E-state index contributed by atoms with van der Waals surface area (Å²) >= 11 is 5.90. The maximum atomic E-state index is 13.5. The van der Waals surface area contributed by atoms with Gasteiger partial charge in [0.05, 0.1) is 24.3 Å². The summed E-state index contributed by atoms with van der Waals surface area (Å²) in [6, 6.07) is 8.08. The number of hydrogen-bond acceptors (Lipinski definition) is 7. The third kappa shape index (κ3) is 5.33. The molecule has 1 aliphatic rings. The molecule has 1 saturated heterocycles. The molecule has 0 radical (unpaired) electrons. The van der Waals surface area contributed by atoms with Gasteiger partial charge in [0.25, 0.3) is 0 Å². The molecule has 9 heteroatoms. The van der Waals surface area contributed by atoms with Crippen molar-refractivity contribution in [1.29, 1.82) is 0 Å². The molecule has 0 bridgehead atoms. The van der Waals surface area contributed by atoms with E-state index in [0.29, 0.717) is 35.1 Å². The van der Waals surface area contributed by atoms with Gasteiger partial charge >= 0.3 is 0 Å². The molecule has 2 heterocycles. The van der Waals surface area contributed by atoms with Crippen LogP contribution in [0.2, 0.25) is 5.02 Å². The molecular weight excluding hydrogens is 423 g/mol. The summed E-state index contributed by atoms with van der Waals surface area (Å²) in [5.74, 6) is 1.29. The number of rotatable bonds is 7. The van der Waals surface area contributed by atoms with Crippen molar-refractivity contribution in [2.75, 3.05) is 51.9 Å². The van der Waals surface area contributed by atoms with Crippen molar-refractivity contribution < 1.29 is 18.6 Å². The standard InChI is InChI=1S/C22H24ClFN4O3/c1-29-20-13-19-16(12-21(20)31-10-7-28-5-2-8-30-9-6-28)22(26-14-25-19)27-15-3-4-18(24)17(23)11-15/h3-4,11-14H,2,5-10H2,1H3,(H,25,26,27). The van der Waals surface area contributed by atoms with Gasteiger partial charge in [0.2, 0.25) is 0 Å². The zero-order valence-corrected chi connectivity index (χ0v) is 18.0. The van der Waals surface area contributed by atoms with Crippen LogP contribution in [0.3, 0.4) is 0 Å². The molecule has 0 unspecified atom stereocenters. The summed E-state index contributed by atoms with van der Waals surface area (Å²) in [5, 5.41) is 3.96. The summed E-state index contributed by atoms with van der Waals surface area (Å²) in [5.41, 5.74) is 1.31. The van der Waals surface area contributed by atoms with Gasteiger partial charge in [-0.2, -0.15) is 0 Å². The number of benzene rings is 2. The van der Waals surface area contributed by atoms with Crippen LogP contribution in [0.4, 0.5) is 15.9 Å². The maximum Gasteiger partial charge on any atom is 0.162 e. The highest BCUT2D eigenvalue weighted by Crippen LogP contribution is 2.35. The molecule has 0 saturated carbocycles. The topological polar surface area (TPSA) is 68.7 Å². The second-order valence-corrected chi connectivity index (χ2v) is 7.56. The van der Waals surface area contributed by atoms with Crippen LogP contribution in [-0.2, 0) is 4.74 Å². The minimum atomic E-state index is -0.476. The van der Waals surface area contributed by atoms with Crippen LogP contribution in [-0.4, -0.2) is 61.4 Å². The number of aromatic nitrogens is 2. The number of halogens is 2. The molecule has 7 nitrogen and oxygen atoms in total. The Morgan fingerprint density at radius 2 is 2.06 bits per heavy atom. The van der Waals surface area contributed by atoms with Gasteiger partial charge in [-0.1, -0.05) is 11.6 Å². The van der Waals surface area contributed by atoms with Crippen LogP contribution < -0.4 is 14.8 Å². The van der Waals surface area contributed by atoms with E-state index in [1.165, 1.54) is 18.5 Å². The van der Waals surface area contributed by atoms with E-state index in [4.69, 9.17) is 25.8 Å². The molecule has 3 aromatic rings. The monoisotopic (exact) mass is 446 g/mol. The molecule has 0 amide bonds. The first-order valence-electron chi connectivity index (χ1n) is 10.1. The van der Waals surface area contributed by atoms with Gasteiger partial charge in [-0.15, -0.1) is 0 Å². The summed E-state index contributed by atoms with van der Waals surface area (Å²) in [6.45, 7) is 4.78. The second-order valence-electron chi connectivity index (χ2n) is 7.15. The van der Waals surface area contributed by atoms with E-state index in [0.717, 1.165) is 44.7 Å². The van der Waals surface area contributed by atoms with Gasteiger partial charge in [-0.3, -0.25) is 4.90 Å². The van der Waals surface area contributed by atoms with E-state index in [1.54, 1.807) is 13.2 Å². The van der Waals surface area contributed by atoms with Crippen LogP contribution in [0, 0.1) is 5.82 Å². The summed E-state index contributed by atoms with van der Waals surface area (Å²) in [6.07, 6.45) is 2.48. The van der Waals surface area contributed by atoms with E-state index in [-0.39, 0.29) is 5.02 Å². The largest absolute Gasteiger partial charge is 0.493 e. The Morgan fingerprint density at radius 3 is 2.90 bits per heavy atom. The Bertz CT molecular complexity index is 1040. The Morgan fingerprint density at radius 1 is 1.16 bits per heavy atom. The molecule has 31 heavy (non-hydrogen) atoms. The fourth-order valence-corrected chi connectivity index (χ4v) is 3.63. The SMILES string of the molecule is COc1cc2ncnc(Nc3ccc(F)c(Cl)c3)c2cc1OCCN1CCCOCC1. The highest BCUT2D eigenvalue weighted by Gasteiger charge is 2.14. The number of nitrogens with one attached hydrogen (secondary N) is 1. The molecular formula is C22H24ClFN4O3. The summed E-state index contributed by atoms with van der Waals surface area (Å²) < 4.78 is 30.5. The van der Waals surface area contributed by atoms with Gasteiger partial charge in [0, 0.05) is 43.4 Å². The van der Waals surface area contributed by atoms with Crippen LogP contribution >= 0.6 is 11.6 Å². The van der Waals surface area contributed by atoms with E-state index in [9.17, 15) is 4.39 Å². The molecule has 0 atom stereocenters. The minimum Gasteiger partial charge on any atom is -0.493 e. The molecule has 1 aromatic heterocycles. The van der Waals surface area contributed by atoms with Gasteiger partial charge in [0.1, 0.15) is 24.6 Å². The van der Waals surface area contributed by atoms with Gasteiger partial charge in [0.15, 0.2) is 11.5 Å². The van der Waals surface area contributed by atoms with Crippen molar-refractivity contribution >= 4 is 34.0 Å². The molecule has 1 fully saturated rings. The van der Waals surface area contributed by atoms with Crippen molar-refractivity contribution in [3.63, 3.8) is 0 Å². The summed E-state index contributed by atoms with van der Waals surface area (Å²) in [4.78, 5) is 11.0. The minimum absolute atomic E-state index is 0.0352. The Hall–Kier alpha value is -2.68. The Kier molecular flexibility index (Phi) is 7.01. The van der Waals surface area contributed by atoms with Crippen LogP contribution in [0.5, 0.6) is 11.5 Å². The second kappa shape index (κ2) is 10.1. The first kappa shape index (κ1) is 21.5. The van der Waals surface area contributed by atoms with Crippen molar-refractivity contribution in [2.24, 2.45) is 0 Å². The number of hydrogen-bond donors (Lipinski definition) is 1. The predicted octanol–water partition coefficient (Wildman–Crippen LogP) is 4.28. The lowest BCUT2D eigenvalue weighted by atomic mass is 10.2. The highest BCUT2D eigenvalue weighted by molar-refractivity contribution is 6.31. The molecule has 0 spiro atoms. The quantitative estimate of drug-likeness (QED) is 0.581. The smallest absolute Gasteiger partial charge is 0.162 e. The lowest BCUT2D eigenvalue weighted by molar-refractivity contribution is 0.137. The van der Waals surface area contributed by atoms with Crippen molar-refractivity contribution in [3.05, 3.63) is 47.5 Å². The molecule has 4 rings (SSSR count). The molecule has 0 aliphatic carbocycles. The molecule has 1 N–H and O–H groups in total. The number of anilines is 2. The number of nitrogens with zero attached hydrogens (tertiary/aromatic N) is 3. The summed E-state index contributed by atoms with van der Waals surface area (Å²) in [7, 11) is 1.60. The van der Waals surface area contributed by atoms with E-state index in [1.807, 2.05) is 12.1 Å². The van der Waals surface area contributed by atoms with E-state index >= 15 is 0 Å². The average Bonchev–Trinajstić information content (AvgIpc) is 3.05. The molecule has 164 valence electrons. The lowest BCUT2D eigenvalue weighted by Gasteiger charge is -2.20. The van der Waals surface area contributed by atoms with Crippen molar-refractivity contribution in [2.45, 2.75) is 6.42 Å². The Labute approximate surface area is 185 Å². The number of fused-ring (bicyclic) bond motifs is 1. The fraction of sp³-hybridized carbons (Fsp3) is 0.364. The first-order chi connectivity index (χ1) is 15.1. The average molecular weight is 447 g/mol. The molecule has 1 aliphatic heterocycles. The third-order valence-corrected chi connectivity index (χ3v) is 5.37. The Balaban J connectivity index is 1.55. The highest BCUT2D eigenvalue weighted by atomic mass is 35.5. The normalized spacial score (nSPS) is 14.9. The number of methoxy groups -OCH3 is 1. The zero-order valence-electron chi connectivity index (χ0n) is 17.2. The van der Waals surface area contributed by atoms with E-state index < -0.39 is 5.82 Å². The third-order valence-electron chi connectivity index (χ3n) is 5.08. The fourth-order valence-electron chi connectivity index (χ4n) is 3.45. The lowest BCUT2D eigenvalue weighted by Crippen LogP contribution is -2.30. The zero-order chi connectivity index (χ0) is 21.6. The van der Waals surface area contributed by atoms with Gasteiger partial charge in [-0.25, -0.2) is 14.4 Å². The number of ether oxygens (including phenoxy) is 3. The van der Waals surface area contributed by atoms with Crippen LogP contribution in [0.1, 0.15) is 6.42 Å². The van der Waals surface area contributed by atoms with Crippen molar-refractivity contribution in [3.8, 4) is 11.5 Å². The maximum absolute atomic E-state index is 13.5. The predicted molar refractivity (Wildman–Crippen MR) is 118 cm³/mol. The molecule has 2 aromatic carbocycles. The van der Waals surface area contributed by atoms with Crippen LogP contribution in [0.25, 0.3) is 10.9 Å². The van der Waals surface area contributed by atoms with Gasteiger partial charge in [-0.05, 0) is 30.7 Å². The van der Waals surface area contributed by atoms with Crippen molar-refractivity contribution in [1.82, 2.24) is 14.9 Å². The van der Waals surface area contributed by atoms with E-state index in [2.05, 4.69) is 20.2 Å².